The van der Waals surface area contributed by atoms with E-state index in [-0.39, 0.29) is 5.91 Å². The zero-order chi connectivity index (χ0) is 12.1. The molecule has 4 nitrogen and oxygen atoms in total. The molecule has 1 aliphatic heterocycles. The van der Waals surface area contributed by atoms with Crippen LogP contribution in [0.2, 0.25) is 0 Å². The molecule has 0 radical (unpaired) electrons. The number of hydrogen-bond donors (Lipinski definition) is 2. The van der Waals surface area contributed by atoms with E-state index in [0.717, 1.165) is 12.5 Å². The van der Waals surface area contributed by atoms with Crippen molar-refractivity contribution < 1.29 is 4.79 Å². The van der Waals surface area contributed by atoms with Crippen LogP contribution in [0.3, 0.4) is 0 Å². The average molecular weight is 239 g/mol. The quantitative estimate of drug-likeness (QED) is 0.718. The third-order valence-electron chi connectivity index (χ3n) is 3.84. The number of carbonyl (C=O) groups excluding carboxylic acids is 1. The Morgan fingerprint density at radius 3 is 2.82 bits per heavy atom. The van der Waals surface area contributed by atoms with Crippen LogP contribution in [0, 0.1) is 5.92 Å². The molecule has 1 atom stereocenters. The van der Waals surface area contributed by atoms with Crippen molar-refractivity contribution in [2.45, 2.75) is 44.6 Å². The molecule has 98 valence electrons. The van der Waals surface area contributed by atoms with E-state index in [2.05, 4.69) is 10.2 Å². The number of carbonyl (C=O) groups is 1. The van der Waals surface area contributed by atoms with E-state index in [1.165, 1.54) is 45.2 Å². The van der Waals surface area contributed by atoms with Gasteiger partial charge in [-0.05, 0) is 38.1 Å². The fraction of sp³-hybridized carbons (Fsp3) is 0.923. The van der Waals surface area contributed by atoms with Gasteiger partial charge in [0.2, 0.25) is 5.91 Å². The average Bonchev–Trinajstić information content (AvgIpc) is 3.12. The third kappa shape index (κ3) is 4.28. The zero-order valence-corrected chi connectivity index (χ0v) is 10.7. The molecule has 2 fully saturated rings. The maximum atomic E-state index is 11.4. The van der Waals surface area contributed by atoms with Gasteiger partial charge in [-0.3, -0.25) is 9.69 Å². The summed E-state index contributed by atoms with van der Waals surface area (Å²) in [5.41, 5.74) is 5.37. The molecule has 1 aliphatic carbocycles. The molecule has 1 saturated heterocycles. The topological polar surface area (TPSA) is 58.4 Å². The SMILES string of the molecule is NCCC(=O)NCC1CCCCN1CC1CC1. The summed E-state index contributed by atoms with van der Waals surface area (Å²) in [5, 5.41) is 3.02. The molecular formula is C13H25N3O. The van der Waals surface area contributed by atoms with Crippen LogP contribution in [-0.2, 0) is 4.79 Å². The van der Waals surface area contributed by atoms with Crippen LogP contribution >= 0.6 is 0 Å². The first kappa shape index (κ1) is 12.8. The van der Waals surface area contributed by atoms with E-state index in [9.17, 15) is 4.79 Å². The Balaban J connectivity index is 1.73. The highest BCUT2D eigenvalue weighted by Crippen LogP contribution is 2.31. The molecule has 1 unspecified atom stereocenters. The predicted molar refractivity (Wildman–Crippen MR) is 68.6 cm³/mol. The number of nitrogens with one attached hydrogen (secondary N) is 1. The standard InChI is InChI=1S/C13H25N3O/c14-7-6-13(17)15-9-12-3-1-2-8-16(12)10-11-4-5-11/h11-12H,1-10,14H2,(H,15,17). The molecule has 2 aliphatic rings. The molecule has 1 amide bonds. The molecule has 0 spiro atoms. The molecule has 0 aromatic rings. The second-order valence-electron chi connectivity index (χ2n) is 5.43. The molecule has 0 aromatic carbocycles. The van der Waals surface area contributed by atoms with Gasteiger partial charge >= 0.3 is 0 Å². The van der Waals surface area contributed by atoms with Crippen LogP contribution in [0.1, 0.15) is 38.5 Å². The van der Waals surface area contributed by atoms with Gasteiger partial charge in [-0.15, -0.1) is 0 Å². The second kappa shape index (κ2) is 6.36. The molecule has 3 N–H and O–H groups in total. The highest BCUT2D eigenvalue weighted by molar-refractivity contribution is 5.76. The van der Waals surface area contributed by atoms with Gasteiger partial charge in [0.1, 0.15) is 0 Å². The Morgan fingerprint density at radius 2 is 2.12 bits per heavy atom. The maximum absolute atomic E-state index is 11.4. The smallest absolute Gasteiger partial charge is 0.221 e. The Labute approximate surface area is 104 Å². The largest absolute Gasteiger partial charge is 0.354 e. The van der Waals surface area contributed by atoms with Gasteiger partial charge < -0.3 is 11.1 Å². The van der Waals surface area contributed by atoms with E-state index < -0.39 is 0 Å². The summed E-state index contributed by atoms with van der Waals surface area (Å²) in [4.78, 5) is 14.0. The summed E-state index contributed by atoms with van der Waals surface area (Å²) in [5.74, 6) is 1.04. The van der Waals surface area contributed by atoms with Gasteiger partial charge in [-0.25, -0.2) is 0 Å². The molecule has 0 bridgehead atoms. The second-order valence-corrected chi connectivity index (χ2v) is 5.43. The lowest BCUT2D eigenvalue weighted by molar-refractivity contribution is -0.121. The van der Waals surface area contributed by atoms with Crippen LogP contribution in [0.5, 0.6) is 0 Å². The molecule has 1 saturated carbocycles. The summed E-state index contributed by atoms with van der Waals surface area (Å²) >= 11 is 0. The van der Waals surface area contributed by atoms with Crippen LogP contribution in [0.25, 0.3) is 0 Å². The van der Waals surface area contributed by atoms with Gasteiger partial charge in [0.05, 0.1) is 0 Å². The number of likely N-dealkylation sites (tertiary alicyclic amines) is 1. The third-order valence-corrected chi connectivity index (χ3v) is 3.84. The van der Waals surface area contributed by atoms with E-state index in [1.807, 2.05) is 0 Å². The number of amides is 1. The predicted octanol–water partition coefficient (Wildman–Crippen LogP) is 0.716. The van der Waals surface area contributed by atoms with Crippen molar-refractivity contribution in [2.24, 2.45) is 11.7 Å². The highest BCUT2D eigenvalue weighted by atomic mass is 16.1. The summed E-state index contributed by atoms with van der Waals surface area (Å²) in [6.07, 6.45) is 7.12. The van der Waals surface area contributed by atoms with Crippen LogP contribution in [0.4, 0.5) is 0 Å². The number of nitrogens with two attached hydrogens (primary N) is 1. The lowest BCUT2D eigenvalue weighted by Gasteiger charge is -2.35. The monoisotopic (exact) mass is 239 g/mol. The van der Waals surface area contributed by atoms with Crippen LogP contribution in [-0.4, -0.2) is 43.0 Å². The molecule has 4 heteroatoms. The molecule has 0 aromatic heterocycles. The van der Waals surface area contributed by atoms with Gasteiger partial charge in [0.25, 0.3) is 0 Å². The lowest BCUT2D eigenvalue weighted by atomic mass is 10.0. The Hall–Kier alpha value is -0.610. The number of piperidine rings is 1. The molecule has 2 rings (SSSR count). The first-order valence-electron chi connectivity index (χ1n) is 7.00. The van der Waals surface area contributed by atoms with E-state index in [4.69, 9.17) is 5.73 Å². The number of rotatable bonds is 6. The number of hydrogen-bond acceptors (Lipinski definition) is 3. The van der Waals surface area contributed by atoms with Crippen molar-refractivity contribution in [1.29, 1.82) is 0 Å². The summed E-state index contributed by atoms with van der Waals surface area (Å²) in [6.45, 7) is 3.72. The van der Waals surface area contributed by atoms with E-state index in [0.29, 0.717) is 19.0 Å². The normalized spacial score (nSPS) is 25.8. The van der Waals surface area contributed by atoms with Crippen molar-refractivity contribution in [1.82, 2.24) is 10.2 Å². The van der Waals surface area contributed by atoms with Crippen molar-refractivity contribution in [3.8, 4) is 0 Å². The first-order valence-corrected chi connectivity index (χ1v) is 7.00. The minimum Gasteiger partial charge on any atom is -0.354 e. The van der Waals surface area contributed by atoms with E-state index >= 15 is 0 Å². The fourth-order valence-corrected chi connectivity index (χ4v) is 2.61. The van der Waals surface area contributed by atoms with E-state index in [1.54, 1.807) is 0 Å². The lowest BCUT2D eigenvalue weighted by Crippen LogP contribution is -2.47. The number of nitrogens with zero attached hydrogens (tertiary/aromatic N) is 1. The van der Waals surface area contributed by atoms with Gasteiger partial charge in [0, 0.05) is 32.1 Å². The first-order chi connectivity index (χ1) is 8.29. The fourth-order valence-electron chi connectivity index (χ4n) is 2.61. The molecule has 17 heavy (non-hydrogen) atoms. The highest BCUT2D eigenvalue weighted by Gasteiger charge is 2.29. The minimum atomic E-state index is 0.101. The van der Waals surface area contributed by atoms with Gasteiger partial charge in [-0.1, -0.05) is 6.42 Å². The summed E-state index contributed by atoms with van der Waals surface area (Å²) < 4.78 is 0. The Kier molecular flexibility index (Phi) is 4.80. The van der Waals surface area contributed by atoms with Crippen molar-refractivity contribution in [3.63, 3.8) is 0 Å². The van der Waals surface area contributed by atoms with Gasteiger partial charge in [0.15, 0.2) is 0 Å². The van der Waals surface area contributed by atoms with Crippen molar-refractivity contribution in [3.05, 3.63) is 0 Å². The zero-order valence-electron chi connectivity index (χ0n) is 10.7. The molecule has 1 heterocycles. The Bertz CT molecular complexity index is 253. The van der Waals surface area contributed by atoms with Crippen molar-refractivity contribution in [2.75, 3.05) is 26.2 Å². The summed E-state index contributed by atoms with van der Waals surface area (Å²) in [7, 11) is 0. The van der Waals surface area contributed by atoms with Gasteiger partial charge in [-0.2, -0.15) is 0 Å². The minimum absolute atomic E-state index is 0.101. The molecular weight excluding hydrogens is 214 g/mol. The van der Waals surface area contributed by atoms with Crippen molar-refractivity contribution >= 4 is 5.91 Å². The Morgan fingerprint density at radius 1 is 1.29 bits per heavy atom. The summed E-state index contributed by atoms with van der Waals surface area (Å²) in [6, 6.07) is 0.561. The van der Waals surface area contributed by atoms with Crippen LogP contribution in [0.15, 0.2) is 0 Å². The maximum Gasteiger partial charge on any atom is 0.221 e. The van der Waals surface area contributed by atoms with Crippen LogP contribution < -0.4 is 11.1 Å².